The molecule has 142 valence electrons. The fourth-order valence-electron chi connectivity index (χ4n) is 4.97. The van der Waals surface area contributed by atoms with Gasteiger partial charge in [0.25, 0.3) is 0 Å². The minimum absolute atomic E-state index is 0.174. The normalized spacial score (nSPS) is 24.4. The molecule has 0 unspecified atom stereocenters. The second-order valence-corrected chi connectivity index (χ2v) is 8.36. The summed E-state index contributed by atoms with van der Waals surface area (Å²) in [4.78, 5) is 21.5. The van der Waals surface area contributed by atoms with Gasteiger partial charge in [-0.25, -0.2) is 15.0 Å². The number of aromatic nitrogens is 4. The Labute approximate surface area is 164 Å². The van der Waals surface area contributed by atoms with Crippen molar-refractivity contribution in [2.45, 2.75) is 20.3 Å². The maximum absolute atomic E-state index is 9.10. The molecular weight excluding hydrogens is 350 g/mol. The summed E-state index contributed by atoms with van der Waals surface area (Å²) in [5.74, 6) is 2.66. The topological polar surface area (TPSA) is 84.7 Å². The highest BCUT2D eigenvalue weighted by Gasteiger charge is 2.47. The zero-order chi connectivity index (χ0) is 19.3. The molecule has 0 bridgehead atoms. The van der Waals surface area contributed by atoms with Gasteiger partial charge in [0.05, 0.1) is 10.9 Å². The number of nitriles is 1. The van der Waals surface area contributed by atoms with E-state index in [-0.39, 0.29) is 5.41 Å². The molecule has 28 heavy (non-hydrogen) atoms. The number of anilines is 2. The highest BCUT2D eigenvalue weighted by Crippen LogP contribution is 2.44. The summed E-state index contributed by atoms with van der Waals surface area (Å²) in [6.45, 7) is 8.40. The fraction of sp³-hybridized carbons (Fsp3) is 0.429. The molecular formula is C21H23N7. The average molecular weight is 373 g/mol. The highest BCUT2D eigenvalue weighted by atomic mass is 15.3. The smallest absolute Gasteiger partial charge is 0.142 e. The lowest BCUT2D eigenvalue weighted by Crippen LogP contribution is -2.47. The number of nitrogens with one attached hydrogen (secondary N) is 1. The van der Waals surface area contributed by atoms with E-state index in [1.54, 1.807) is 12.5 Å². The lowest BCUT2D eigenvalue weighted by molar-refractivity contribution is 0.216. The van der Waals surface area contributed by atoms with Crippen molar-refractivity contribution in [1.29, 1.82) is 5.26 Å². The van der Waals surface area contributed by atoms with Gasteiger partial charge >= 0.3 is 0 Å². The first-order valence-electron chi connectivity index (χ1n) is 9.72. The Bertz CT molecular complexity index is 1080. The van der Waals surface area contributed by atoms with E-state index in [2.05, 4.69) is 48.8 Å². The van der Waals surface area contributed by atoms with Crippen molar-refractivity contribution in [3.05, 3.63) is 42.0 Å². The third-order valence-corrected chi connectivity index (χ3v) is 6.39. The number of aryl methyl sites for hydroxylation is 1. The number of piperidine rings is 1. The van der Waals surface area contributed by atoms with Crippen LogP contribution in [0.25, 0.3) is 11.0 Å². The predicted molar refractivity (Wildman–Crippen MR) is 108 cm³/mol. The molecule has 0 aromatic carbocycles. The Morgan fingerprint density at radius 3 is 2.89 bits per heavy atom. The van der Waals surface area contributed by atoms with Crippen molar-refractivity contribution in [3.8, 4) is 6.07 Å². The van der Waals surface area contributed by atoms with Gasteiger partial charge in [-0.15, -0.1) is 0 Å². The van der Waals surface area contributed by atoms with E-state index in [1.165, 1.54) is 0 Å². The van der Waals surface area contributed by atoms with Gasteiger partial charge in [-0.1, -0.05) is 6.92 Å². The van der Waals surface area contributed by atoms with Crippen LogP contribution >= 0.6 is 0 Å². The van der Waals surface area contributed by atoms with Gasteiger partial charge in [0.2, 0.25) is 0 Å². The first-order chi connectivity index (χ1) is 13.6. The van der Waals surface area contributed by atoms with Crippen LogP contribution in [0.4, 0.5) is 11.6 Å². The Morgan fingerprint density at radius 2 is 2.07 bits per heavy atom. The lowest BCUT2D eigenvalue weighted by atomic mass is 9.75. The van der Waals surface area contributed by atoms with Crippen LogP contribution < -0.4 is 9.80 Å². The number of nitrogens with zero attached hydrogens (tertiary/aromatic N) is 6. The monoisotopic (exact) mass is 373 g/mol. The Morgan fingerprint density at radius 1 is 1.21 bits per heavy atom. The van der Waals surface area contributed by atoms with Crippen LogP contribution in [0.15, 0.2) is 30.9 Å². The lowest BCUT2D eigenvalue weighted by Gasteiger charge is -2.42. The standard InChI is InChI=1S/C21H23N7/c1-14-7-15(8-22)9-24-19(14)28-10-16-4-6-27(11-21(16,2)12-28)20-17-3-5-23-18(17)25-13-26-20/h3,5,7,9,13,16H,4,6,10-12H2,1-2H3,(H,23,25,26)/t16-,21+/m1/s1. The first kappa shape index (κ1) is 17.0. The minimum atomic E-state index is 0.174. The summed E-state index contributed by atoms with van der Waals surface area (Å²) in [6.07, 6.45) is 6.39. The molecule has 7 nitrogen and oxygen atoms in total. The molecule has 0 spiro atoms. The van der Waals surface area contributed by atoms with Gasteiger partial charge in [0.1, 0.15) is 29.7 Å². The summed E-state index contributed by atoms with van der Waals surface area (Å²) in [6, 6.07) is 6.17. The second-order valence-electron chi connectivity index (χ2n) is 8.36. The largest absolute Gasteiger partial charge is 0.355 e. The maximum atomic E-state index is 9.10. The molecule has 0 saturated carbocycles. The van der Waals surface area contributed by atoms with Crippen LogP contribution in [-0.4, -0.2) is 46.1 Å². The van der Waals surface area contributed by atoms with E-state index in [4.69, 9.17) is 5.26 Å². The number of rotatable bonds is 2. The van der Waals surface area contributed by atoms with Crippen LogP contribution in [-0.2, 0) is 0 Å². The number of fused-ring (bicyclic) bond motifs is 2. The van der Waals surface area contributed by atoms with E-state index >= 15 is 0 Å². The van der Waals surface area contributed by atoms with Gasteiger partial charge in [-0.05, 0) is 37.0 Å². The van der Waals surface area contributed by atoms with Crippen molar-refractivity contribution in [2.75, 3.05) is 36.0 Å². The van der Waals surface area contributed by atoms with Crippen LogP contribution in [0.1, 0.15) is 24.5 Å². The van der Waals surface area contributed by atoms with Crippen molar-refractivity contribution >= 4 is 22.7 Å². The number of hydrogen-bond donors (Lipinski definition) is 1. The first-order valence-corrected chi connectivity index (χ1v) is 9.72. The third kappa shape index (κ3) is 2.60. The second kappa shape index (κ2) is 6.20. The summed E-state index contributed by atoms with van der Waals surface area (Å²) in [5, 5.41) is 10.2. The van der Waals surface area contributed by atoms with Gasteiger partial charge < -0.3 is 14.8 Å². The number of pyridine rings is 1. The molecule has 2 saturated heterocycles. The van der Waals surface area contributed by atoms with E-state index < -0.39 is 0 Å². The van der Waals surface area contributed by atoms with Gasteiger partial charge in [-0.2, -0.15) is 5.26 Å². The van der Waals surface area contributed by atoms with Crippen LogP contribution in [0, 0.1) is 29.6 Å². The predicted octanol–water partition coefficient (Wildman–Crippen LogP) is 2.89. The quantitative estimate of drug-likeness (QED) is 0.743. The van der Waals surface area contributed by atoms with E-state index in [1.807, 2.05) is 19.2 Å². The summed E-state index contributed by atoms with van der Waals surface area (Å²) < 4.78 is 0. The number of H-pyrrole nitrogens is 1. The molecule has 2 fully saturated rings. The highest BCUT2D eigenvalue weighted by molar-refractivity contribution is 5.87. The average Bonchev–Trinajstić information content (AvgIpc) is 3.30. The van der Waals surface area contributed by atoms with E-state index in [9.17, 15) is 0 Å². The minimum Gasteiger partial charge on any atom is -0.355 e. The van der Waals surface area contributed by atoms with Gasteiger partial charge in [-0.3, -0.25) is 0 Å². The molecule has 2 aliphatic rings. The van der Waals surface area contributed by atoms with Crippen LogP contribution in [0.3, 0.4) is 0 Å². The number of hydrogen-bond acceptors (Lipinski definition) is 6. The van der Waals surface area contributed by atoms with Crippen LogP contribution in [0.2, 0.25) is 0 Å². The zero-order valence-electron chi connectivity index (χ0n) is 16.2. The SMILES string of the molecule is Cc1cc(C#N)cnc1N1C[C@H]2CCN(c3ncnc4[nH]ccc34)C[C@@]2(C)C1. The Balaban J connectivity index is 1.42. The van der Waals surface area contributed by atoms with Gasteiger partial charge in [0, 0.05) is 44.0 Å². The Kier molecular flexibility index (Phi) is 3.76. The summed E-state index contributed by atoms with van der Waals surface area (Å²) in [7, 11) is 0. The fourth-order valence-corrected chi connectivity index (χ4v) is 4.97. The van der Waals surface area contributed by atoms with Crippen molar-refractivity contribution in [1.82, 2.24) is 19.9 Å². The molecule has 0 amide bonds. The molecule has 0 radical (unpaired) electrons. The molecule has 3 aromatic rings. The van der Waals surface area contributed by atoms with E-state index in [0.717, 1.165) is 60.8 Å². The van der Waals surface area contributed by atoms with Crippen molar-refractivity contribution in [2.24, 2.45) is 11.3 Å². The third-order valence-electron chi connectivity index (χ3n) is 6.39. The molecule has 7 heteroatoms. The summed E-state index contributed by atoms with van der Waals surface area (Å²) >= 11 is 0. The van der Waals surface area contributed by atoms with E-state index in [0.29, 0.717) is 11.5 Å². The molecule has 5 heterocycles. The molecule has 1 N–H and O–H groups in total. The van der Waals surface area contributed by atoms with Crippen molar-refractivity contribution in [3.63, 3.8) is 0 Å². The zero-order valence-corrected chi connectivity index (χ0v) is 16.2. The van der Waals surface area contributed by atoms with Crippen LogP contribution in [0.5, 0.6) is 0 Å². The summed E-state index contributed by atoms with van der Waals surface area (Å²) in [5.41, 5.74) is 2.76. The van der Waals surface area contributed by atoms with Crippen molar-refractivity contribution < 1.29 is 0 Å². The number of aromatic amines is 1. The molecule has 2 atom stereocenters. The Hall–Kier alpha value is -3.14. The molecule has 2 aliphatic heterocycles. The maximum Gasteiger partial charge on any atom is 0.142 e. The molecule has 0 aliphatic carbocycles. The molecule has 5 rings (SSSR count). The van der Waals surface area contributed by atoms with Gasteiger partial charge in [0.15, 0.2) is 0 Å². The molecule has 3 aromatic heterocycles.